The molecule has 0 heterocycles. The summed E-state index contributed by atoms with van der Waals surface area (Å²) in [5, 5.41) is 19.2. The fourth-order valence-corrected chi connectivity index (χ4v) is 4.16. The van der Waals surface area contributed by atoms with Crippen molar-refractivity contribution in [2.75, 3.05) is 10.7 Å². The fraction of sp³-hybridized carbons (Fsp3) is 0.160. The van der Waals surface area contributed by atoms with Gasteiger partial charge in [0, 0.05) is 16.2 Å². The quantitative estimate of drug-likeness (QED) is 0.156. The van der Waals surface area contributed by atoms with Crippen LogP contribution in [0.3, 0.4) is 0 Å². The highest BCUT2D eigenvalue weighted by Gasteiger charge is 2.29. The molecule has 3 aromatic rings. The first-order valence-corrected chi connectivity index (χ1v) is 12.3. The van der Waals surface area contributed by atoms with Crippen LogP contribution in [0.4, 0.5) is 13.2 Å². The summed E-state index contributed by atoms with van der Waals surface area (Å²) in [4.78, 5) is 13.0. The number of carbonyl (C=O) groups is 1. The highest BCUT2D eigenvalue weighted by atomic mass is 79.9. The average Bonchev–Trinajstić information content (AvgIpc) is 2.88. The molecule has 0 aliphatic rings. The maximum Gasteiger partial charge on any atom is 0.342 e. The molecule has 0 saturated carbocycles. The molecule has 0 bridgehead atoms. The van der Waals surface area contributed by atoms with Crippen LogP contribution in [0.2, 0.25) is 0 Å². The SMILES string of the molecule is N#Cc1c(F)c(F)c(Oc2c(C(=O)OC(CBr)CCBr)cccc2-c2ccccc2)c(F)c1C#N. The number of ether oxygens (including phenoxy) is 2. The van der Waals surface area contributed by atoms with Crippen molar-refractivity contribution in [3.8, 4) is 34.8 Å². The number of halogens is 5. The van der Waals surface area contributed by atoms with Gasteiger partial charge in [0.2, 0.25) is 11.6 Å². The molecule has 1 unspecified atom stereocenters. The molecule has 10 heteroatoms. The number of para-hydroxylation sites is 1. The van der Waals surface area contributed by atoms with E-state index in [0.717, 1.165) is 0 Å². The van der Waals surface area contributed by atoms with Gasteiger partial charge in [-0.15, -0.1) is 0 Å². The molecular formula is C25H15Br2F3N2O3. The molecule has 35 heavy (non-hydrogen) atoms. The summed E-state index contributed by atoms with van der Waals surface area (Å²) in [5.41, 5.74) is -1.47. The summed E-state index contributed by atoms with van der Waals surface area (Å²) in [6, 6.07) is 15.6. The Morgan fingerprint density at radius 2 is 1.54 bits per heavy atom. The number of hydrogen-bond donors (Lipinski definition) is 0. The van der Waals surface area contributed by atoms with Gasteiger partial charge in [0.15, 0.2) is 11.6 Å². The Kier molecular flexibility index (Phi) is 8.91. The summed E-state index contributed by atoms with van der Waals surface area (Å²) in [6.07, 6.45) is -0.0256. The highest BCUT2D eigenvalue weighted by molar-refractivity contribution is 9.09. The van der Waals surface area contributed by atoms with Crippen molar-refractivity contribution in [1.82, 2.24) is 0 Å². The Morgan fingerprint density at radius 3 is 2.14 bits per heavy atom. The first-order valence-electron chi connectivity index (χ1n) is 10.1. The van der Waals surface area contributed by atoms with E-state index in [1.165, 1.54) is 24.3 Å². The predicted octanol–water partition coefficient (Wildman–Crippen LogP) is 7.01. The van der Waals surface area contributed by atoms with Gasteiger partial charge in [-0.1, -0.05) is 74.3 Å². The second-order valence-corrected chi connectivity index (χ2v) is 8.49. The van der Waals surface area contributed by atoms with Crippen molar-refractivity contribution >= 4 is 37.8 Å². The van der Waals surface area contributed by atoms with E-state index in [0.29, 0.717) is 22.6 Å². The Balaban J connectivity index is 2.23. The molecule has 178 valence electrons. The third kappa shape index (κ3) is 5.50. The van der Waals surface area contributed by atoms with Crippen molar-refractivity contribution < 1.29 is 27.4 Å². The van der Waals surface area contributed by atoms with E-state index >= 15 is 4.39 Å². The van der Waals surface area contributed by atoms with Gasteiger partial charge in [0.25, 0.3) is 0 Å². The standard InChI is InChI=1S/C25H15Br2F3N2O3/c26-10-9-15(11-27)34-25(33)17-8-4-7-16(14-5-2-1-3-6-14)23(17)35-24-21(29)19(13-32)18(12-31)20(28)22(24)30/h1-8,15H,9-11H2. The molecule has 5 nitrogen and oxygen atoms in total. The normalized spacial score (nSPS) is 11.3. The fourth-order valence-electron chi connectivity index (χ4n) is 3.20. The van der Waals surface area contributed by atoms with Gasteiger partial charge in [0.1, 0.15) is 40.7 Å². The zero-order chi connectivity index (χ0) is 25.5. The minimum Gasteiger partial charge on any atom is -0.458 e. The van der Waals surface area contributed by atoms with Crippen LogP contribution in [0, 0.1) is 40.1 Å². The Bertz CT molecular complexity index is 1340. The van der Waals surface area contributed by atoms with E-state index in [-0.39, 0.29) is 16.9 Å². The monoisotopic (exact) mass is 606 g/mol. The minimum atomic E-state index is -1.81. The molecule has 0 fully saturated rings. The molecule has 3 rings (SSSR count). The van der Waals surface area contributed by atoms with Crippen LogP contribution in [0.1, 0.15) is 27.9 Å². The Labute approximate surface area is 216 Å². The summed E-state index contributed by atoms with van der Waals surface area (Å²) in [6.45, 7) is 0. The van der Waals surface area contributed by atoms with E-state index < -0.39 is 46.4 Å². The van der Waals surface area contributed by atoms with Crippen LogP contribution in [-0.2, 0) is 4.74 Å². The number of nitrogens with zero attached hydrogens (tertiary/aromatic N) is 2. The lowest BCUT2D eigenvalue weighted by atomic mass is 10.0. The van der Waals surface area contributed by atoms with Gasteiger partial charge in [-0.3, -0.25) is 0 Å². The van der Waals surface area contributed by atoms with Crippen LogP contribution in [0.25, 0.3) is 11.1 Å². The largest absolute Gasteiger partial charge is 0.458 e. The van der Waals surface area contributed by atoms with Crippen molar-refractivity contribution in [2.45, 2.75) is 12.5 Å². The molecule has 0 spiro atoms. The predicted molar refractivity (Wildman–Crippen MR) is 129 cm³/mol. The maximum atomic E-state index is 15.0. The zero-order valence-electron chi connectivity index (χ0n) is 17.8. The second kappa shape index (κ2) is 11.9. The maximum absolute atomic E-state index is 15.0. The Morgan fingerprint density at radius 1 is 0.886 bits per heavy atom. The van der Waals surface area contributed by atoms with E-state index in [9.17, 15) is 18.8 Å². The third-order valence-electron chi connectivity index (χ3n) is 4.90. The highest BCUT2D eigenvalue weighted by Crippen LogP contribution is 2.40. The third-order valence-corrected chi connectivity index (χ3v) is 6.08. The zero-order valence-corrected chi connectivity index (χ0v) is 21.0. The van der Waals surface area contributed by atoms with Gasteiger partial charge >= 0.3 is 5.97 Å². The number of alkyl halides is 2. The summed E-state index contributed by atoms with van der Waals surface area (Å²) in [7, 11) is 0. The van der Waals surface area contributed by atoms with Crippen molar-refractivity contribution in [1.29, 1.82) is 10.5 Å². The summed E-state index contributed by atoms with van der Waals surface area (Å²) >= 11 is 6.55. The topological polar surface area (TPSA) is 83.1 Å². The van der Waals surface area contributed by atoms with E-state index in [1.807, 2.05) is 0 Å². The first-order chi connectivity index (χ1) is 16.9. The molecule has 0 aliphatic heterocycles. The van der Waals surface area contributed by atoms with Crippen molar-refractivity contribution in [3.63, 3.8) is 0 Å². The Hall–Kier alpha value is -3.34. The summed E-state index contributed by atoms with van der Waals surface area (Å²) in [5.74, 6) is -7.51. The molecule has 1 atom stereocenters. The van der Waals surface area contributed by atoms with Crippen molar-refractivity contribution in [2.24, 2.45) is 0 Å². The van der Waals surface area contributed by atoms with Crippen LogP contribution in [0.15, 0.2) is 48.5 Å². The molecule has 0 saturated heterocycles. The summed E-state index contributed by atoms with van der Waals surface area (Å²) < 4.78 is 55.4. The van der Waals surface area contributed by atoms with Gasteiger partial charge in [-0.2, -0.15) is 14.9 Å². The molecular weight excluding hydrogens is 593 g/mol. The lowest BCUT2D eigenvalue weighted by Crippen LogP contribution is -2.21. The van der Waals surface area contributed by atoms with Crippen LogP contribution in [-0.4, -0.2) is 22.7 Å². The van der Waals surface area contributed by atoms with Gasteiger partial charge in [0.05, 0.1) is 0 Å². The molecule has 0 radical (unpaired) electrons. The van der Waals surface area contributed by atoms with Crippen LogP contribution < -0.4 is 4.74 Å². The molecule has 3 aromatic carbocycles. The van der Waals surface area contributed by atoms with Gasteiger partial charge in [-0.25, -0.2) is 13.6 Å². The van der Waals surface area contributed by atoms with Crippen LogP contribution >= 0.6 is 31.9 Å². The van der Waals surface area contributed by atoms with Crippen molar-refractivity contribution in [3.05, 3.63) is 82.7 Å². The molecule has 0 N–H and O–H groups in total. The van der Waals surface area contributed by atoms with E-state index in [1.54, 1.807) is 36.4 Å². The van der Waals surface area contributed by atoms with E-state index in [2.05, 4.69) is 31.9 Å². The average molecular weight is 608 g/mol. The molecule has 0 amide bonds. The lowest BCUT2D eigenvalue weighted by molar-refractivity contribution is 0.0346. The second-order valence-electron chi connectivity index (χ2n) is 7.05. The smallest absolute Gasteiger partial charge is 0.342 e. The first kappa shape index (κ1) is 26.3. The lowest BCUT2D eigenvalue weighted by Gasteiger charge is -2.19. The van der Waals surface area contributed by atoms with Crippen LogP contribution in [0.5, 0.6) is 11.5 Å². The number of rotatable bonds is 8. The number of nitriles is 2. The molecule has 0 aromatic heterocycles. The number of carbonyl (C=O) groups excluding carboxylic acids is 1. The number of benzene rings is 3. The molecule has 0 aliphatic carbocycles. The van der Waals surface area contributed by atoms with E-state index in [4.69, 9.17) is 14.7 Å². The van der Waals surface area contributed by atoms with Gasteiger partial charge in [-0.05, 0) is 18.1 Å². The minimum absolute atomic E-state index is 0.172. The van der Waals surface area contributed by atoms with Gasteiger partial charge < -0.3 is 9.47 Å². The number of hydrogen-bond acceptors (Lipinski definition) is 5. The number of esters is 1.